The third-order valence-corrected chi connectivity index (χ3v) is 13.0. The summed E-state index contributed by atoms with van der Waals surface area (Å²) < 4.78 is 37.3. The third kappa shape index (κ3) is 9.27. The van der Waals surface area contributed by atoms with E-state index in [0.717, 1.165) is 78.0 Å². The van der Waals surface area contributed by atoms with Crippen LogP contribution in [-0.2, 0) is 21.1 Å². The molecule has 0 spiro atoms. The first-order chi connectivity index (χ1) is 34.5. The van der Waals surface area contributed by atoms with Crippen molar-refractivity contribution in [3.8, 4) is 89.7 Å². The summed E-state index contributed by atoms with van der Waals surface area (Å²) in [5.74, 6) is 0.120. The van der Waals surface area contributed by atoms with E-state index in [2.05, 4.69) is 105 Å². The predicted molar refractivity (Wildman–Crippen MR) is 284 cm³/mol. The summed E-state index contributed by atoms with van der Waals surface area (Å²) in [6.45, 7) is 9.84. The molecule has 0 fully saturated rings. The van der Waals surface area contributed by atoms with Gasteiger partial charge in [-0.1, -0.05) is 198 Å². The molecule has 0 aliphatic carbocycles. The van der Waals surface area contributed by atoms with Gasteiger partial charge in [0.25, 0.3) is 0 Å². The number of hydrogen-bond donors (Lipinski definition) is 1. The largest absolute Gasteiger partial charge is 0.507 e. The normalized spacial score (nSPS) is 12.6. The summed E-state index contributed by atoms with van der Waals surface area (Å²) in [5, 5.41) is 12.5. The van der Waals surface area contributed by atoms with Gasteiger partial charge in [-0.15, -0.1) is 23.8 Å². The number of phenols is 1. The maximum atomic E-state index is 12.5. The molecule has 0 aliphatic rings. The van der Waals surface area contributed by atoms with Crippen molar-refractivity contribution < 1.29 is 31.7 Å². The third-order valence-electron chi connectivity index (χ3n) is 13.0. The minimum atomic E-state index is -2.44. The standard InChI is InChI=1S/C64H56N3O.Pt/c1-40(2)44-26-28-46(29-27-44)49-30-31-65-59(38-49)53-34-51(45-18-11-8-12-19-45)33-52(35-53)54-24-17-25-60-62(54)66-64(58-37-50(41(3)4)36-55(42(5)6)63(58)68)67(60)61-39-56(47-20-13-9-14-21-47)43(7)32-57(61)48-22-15-10-16-23-48;/h8-34,36-42,68H,1-7H3;/q-1;/i7D3,40D;. The van der Waals surface area contributed by atoms with E-state index in [4.69, 9.17) is 15.5 Å². The molecule has 8 aromatic carbocycles. The maximum Gasteiger partial charge on any atom is 0.148 e. The van der Waals surface area contributed by atoms with Crippen LogP contribution in [0.2, 0.25) is 0 Å². The smallest absolute Gasteiger partial charge is 0.148 e. The summed E-state index contributed by atoms with van der Waals surface area (Å²) in [6, 6.07) is 64.3. The Morgan fingerprint density at radius 1 is 0.536 bits per heavy atom. The van der Waals surface area contributed by atoms with Crippen LogP contribution in [0.3, 0.4) is 0 Å². The molecule has 0 unspecified atom stereocenters. The van der Waals surface area contributed by atoms with Crippen LogP contribution < -0.4 is 0 Å². The Morgan fingerprint density at radius 2 is 1.17 bits per heavy atom. The molecular weight excluding hydrogens is 1020 g/mol. The Bertz CT molecular complexity index is 3600. The molecule has 1 N–H and O–H groups in total. The summed E-state index contributed by atoms with van der Waals surface area (Å²) >= 11 is 0. The number of imidazole rings is 1. The van der Waals surface area contributed by atoms with Gasteiger partial charge in [0.05, 0.1) is 22.3 Å². The zero-order valence-corrected chi connectivity index (χ0v) is 41.9. The summed E-state index contributed by atoms with van der Waals surface area (Å²) in [4.78, 5) is 10.6. The molecule has 10 aromatic rings. The molecular formula is C64H56N3OPt-. The van der Waals surface area contributed by atoms with Crippen molar-refractivity contribution in [1.82, 2.24) is 14.5 Å². The fraction of sp³-hybridized carbons (Fsp3) is 0.156. The number of fused-ring (bicyclic) bond motifs is 1. The molecule has 2 aromatic heterocycles. The SMILES string of the molecule is [2H]C([2H])([2H])c1cc(-c2ccccc2)c(-n2c(-c3cc(C(C)C)cc(C(C)C)c3O)nc3c(-c4[c-]c(-c5cc(-c6ccc(C([2H])(C)C)cc6)ccn5)cc(-c5ccccc5)c4)cccc32)cc1-c1ccccc1.[Pt]. The number of rotatable bonds is 11. The first-order valence-electron chi connectivity index (χ1n) is 25.4. The van der Waals surface area contributed by atoms with E-state index >= 15 is 0 Å². The number of aromatic hydroxyl groups is 1. The van der Waals surface area contributed by atoms with E-state index in [1.54, 1.807) is 0 Å². The van der Waals surface area contributed by atoms with Crippen LogP contribution in [0.25, 0.3) is 95.0 Å². The monoisotopic (exact) mass is 1080 g/mol. The number of aryl methyl sites for hydroxylation is 1. The minimum Gasteiger partial charge on any atom is -0.507 e. The van der Waals surface area contributed by atoms with Gasteiger partial charge in [0.15, 0.2) is 0 Å². The van der Waals surface area contributed by atoms with E-state index in [-0.39, 0.29) is 44.2 Å². The van der Waals surface area contributed by atoms with Crippen LogP contribution in [-0.4, -0.2) is 19.6 Å². The molecule has 5 heteroatoms. The predicted octanol–water partition coefficient (Wildman–Crippen LogP) is 17.3. The summed E-state index contributed by atoms with van der Waals surface area (Å²) in [6.07, 6.45) is 1.83. The van der Waals surface area contributed by atoms with E-state index in [1.165, 1.54) is 0 Å². The van der Waals surface area contributed by atoms with E-state index in [0.29, 0.717) is 33.7 Å². The molecule has 0 amide bonds. The zero-order valence-electron chi connectivity index (χ0n) is 43.7. The Hall–Kier alpha value is -7.13. The quantitative estimate of drug-likeness (QED) is 0.131. The fourth-order valence-electron chi connectivity index (χ4n) is 9.25. The number of benzene rings is 8. The number of phenolic OH excluding ortho intramolecular Hbond substituents is 1. The maximum absolute atomic E-state index is 12.5. The number of aromatic nitrogens is 3. The van der Waals surface area contributed by atoms with E-state index in [1.807, 2.05) is 135 Å². The fourth-order valence-corrected chi connectivity index (χ4v) is 9.25. The van der Waals surface area contributed by atoms with Gasteiger partial charge in [-0.2, -0.15) is 0 Å². The van der Waals surface area contributed by atoms with Crippen molar-refractivity contribution in [1.29, 1.82) is 0 Å². The number of hydrogen-bond acceptors (Lipinski definition) is 3. The second-order valence-electron chi connectivity index (χ2n) is 18.5. The molecule has 4 nitrogen and oxygen atoms in total. The molecule has 0 saturated heterocycles. The Labute approximate surface area is 427 Å². The Morgan fingerprint density at radius 3 is 1.81 bits per heavy atom. The van der Waals surface area contributed by atoms with Crippen LogP contribution >= 0.6 is 0 Å². The van der Waals surface area contributed by atoms with Crippen molar-refractivity contribution in [3.63, 3.8) is 0 Å². The van der Waals surface area contributed by atoms with Crippen LogP contribution in [0, 0.1) is 12.9 Å². The second kappa shape index (κ2) is 19.8. The zero-order chi connectivity index (χ0) is 50.5. The minimum absolute atomic E-state index is 0. The summed E-state index contributed by atoms with van der Waals surface area (Å²) in [7, 11) is 0. The Balaban J connectivity index is 0.00000656. The number of nitrogens with zero attached hydrogens (tertiary/aromatic N) is 3. The first-order valence-corrected chi connectivity index (χ1v) is 23.4. The van der Waals surface area contributed by atoms with Crippen molar-refractivity contribution in [2.75, 3.05) is 0 Å². The van der Waals surface area contributed by atoms with Crippen LogP contribution in [0.1, 0.15) is 87.0 Å². The molecule has 0 radical (unpaired) electrons. The second-order valence-corrected chi connectivity index (χ2v) is 18.5. The van der Waals surface area contributed by atoms with Gasteiger partial charge in [-0.25, -0.2) is 4.98 Å². The summed E-state index contributed by atoms with van der Waals surface area (Å²) in [5.41, 5.74) is 15.9. The van der Waals surface area contributed by atoms with Crippen LogP contribution in [0.5, 0.6) is 5.75 Å². The topological polar surface area (TPSA) is 50.9 Å². The van der Waals surface area contributed by atoms with Gasteiger partial charge in [0.1, 0.15) is 11.6 Å². The average molecular weight is 1080 g/mol. The van der Waals surface area contributed by atoms with Gasteiger partial charge in [0, 0.05) is 44.0 Å². The molecule has 0 atom stereocenters. The number of para-hydroxylation sites is 1. The van der Waals surface area contributed by atoms with Gasteiger partial charge in [-0.05, 0) is 111 Å². The van der Waals surface area contributed by atoms with Crippen molar-refractivity contribution >= 4 is 11.0 Å². The van der Waals surface area contributed by atoms with Gasteiger partial charge >= 0.3 is 0 Å². The van der Waals surface area contributed by atoms with E-state index < -0.39 is 12.7 Å². The molecule has 344 valence electrons. The van der Waals surface area contributed by atoms with Gasteiger partial charge < -0.3 is 5.11 Å². The average Bonchev–Trinajstić information content (AvgIpc) is 3.78. The van der Waals surface area contributed by atoms with Crippen molar-refractivity contribution in [2.45, 2.75) is 66.1 Å². The Kier molecular flexibility index (Phi) is 12.1. The molecule has 2 heterocycles. The van der Waals surface area contributed by atoms with E-state index in [9.17, 15) is 5.11 Å². The molecule has 0 aliphatic heterocycles. The van der Waals surface area contributed by atoms with Gasteiger partial charge in [-0.3, -0.25) is 9.55 Å². The molecule has 69 heavy (non-hydrogen) atoms. The van der Waals surface area contributed by atoms with Crippen LogP contribution in [0.4, 0.5) is 0 Å². The number of pyridine rings is 1. The molecule has 10 rings (SSSR count). The molecule has 0 bridgehead atoms. The van der Waals surface area contributed by atoms with Crippen LogP contribution in [0.15, 0.2) is 188 Å². The van der Waals surface area contributed by atoms with Crippen molar-refractivity contribution in [2.24, 2.45) is 0 Å². The van der Waals surface area contributed by atoms with Gasteiger partial charge in [0.2, 0.25) is 0 Å². The van der Waals surface area contributed by atoms with Crippen molar-refractivity contribution in [3.05, 3.63) is 217 Å². The molecule has 0 saturated carbocycles. The first kappa shape index (κ1) is 42.0.